The molecular weight excluding hydrogens is 567 g/mol. The van der Waals surface area contributed by atoms with E-state index in [0.717, 1.165) is 12.1 Å². The molecule has 1 unspecified atom stereocenters. The number of halogens is 7. The van der Waals surface area contributed by atoms with Crippen LogP contribution in [0.25, 0.3) is 10.1 Å². The van der Waals surface area contributed by atoms with Crippen LogP contribution in [0, 0.1) is 0 Å². The fourth-order valence-electron chi connectivity index (χ4n) is 2.74. The van der Waals surface area contributed by atoms with Gasteiger partial charge in [0.25, 0.3) is 0 Å². The lowest BCUT2D eigenvalue weighted by Crippen LogP contribution is -2.22. The number of thiophene rings is 1. The molecule has 0 bridgehead atoms. The zero-order chi connectivity index (χ0) is 25.2. The van der Waals surface area contributed by atoms with Crippen LogP contribution in [0.1, 0.15) is 35.5 Å². The second-order valence-corrected chi connectivity index (χ2v) is 10.4. The number of alkyl halides is 6. The molecule has 15 heteroatoms. The summed E-state index contributed by atoms with van der Waals surface area (Å²) in [6, 6.07) is 2.14. The number of rotatable bonds is 11. The second kappa shape index (κ2) is 10.5. The lowest BCUT2D eigenvalue weighted by atomic mass is 10.1. The molecule has 1 heterocycles. The van der Waals surface area contributed by atoms with E-state index in [4.69, 9.17) is 19.5 Å². The summed E-state index contributed by atoms with van der Waals surface area (Å²) in [5, 5.41) is -0.0354. The van der Waals surface area contributed by atoms with E-state index in [-0.39, 0.29) is 39.1 Å². The maximum absolute atomic E-state index is 15.3. The quantitative estimate of drug-likeness (QED) is 0.233. The topological polar surface area (TPSA) is 87.8 Å². The molecule has 0 aliphatic rings. The number of amides is 1. The summed E-state index contributed by atoms with van der Waals surface area (Å²) < 4.78 is 109. The maximum Gasteiger partial charge on any atom is 0.405 e. The molecule has 1 aromatic heterocycles. The van der Waals surface area contributed by atoms with E-state index in [1.165, 1.54) is 13.8 Å². The van der Waals surface area contributed by atoms with Gasteiger partial charge in [0, 0.05) is 15.4 Å². The monoisotopic (exact) mass is 585 g/mol. The number of hydrogen-bond donors (Lipinski definition) is 1. The van der Waals surface area contributed by atoms with E-state index < -0.39 is 49.4 Å². The fraction of sp³-hybridized carbons (Fsp3) is 0.500. The Kier molecular flexibility index (Phi) is 8.89. The summed E-state index contributed by atoms with van der Waals surface area (Å²) in [6.07, 6.45) is -9.01. The van der Waals surface area contributed by atoms with Crippen molar-refractivity contribution in [2.24, 2.45) is 5.73 Å². The van der Waals surface area contributed by atoms with E-state index >= 15 is 8.78 Å². The highest BCUT2D eigenvalue weighted by Crippen LogP contribution is 2.69. The van der Waals surface area contributed by atoms with Crippen molar-refractivity contribution in [1.29, 1.82) is 0 Å². The molecule has 33 heavy (non-hydrogen) atoms. The lowest BCUT2D eigenvalue weighted by molar-refractivity contribution is -0.148. The predicted molar refractivity (Wildman–Crippen MR) is 114 cm³/mol. The maximum atomic E-state index is 15.3. The minimum atomic E-state index is -5.00. The van der Waals surface area contributed by atoms with E-state index in [2.05, 4.69) is 15.9 Å². The van der Waals surface area contributed by atoms with Crippen LogP contribution < -0.4 is 10.5 Å². The standard InChI is InChI=1S/C18H19BrF6NO5PS/c1-3-30-32(28,31-4-2)18(24,25)15-13(19)11-5-9(16(26)27)6-12(14(11)33-15)29-8-10(20)7-17(21,22)23/h5-6,10H,3-4,7-8H2,1-2H3,(H2,26,27). The summed E-state index contributed by atoms with van der Waals surface area (Å²) in [7, 11) is -5.00. The van der Waals surface area contributed by atoms with Crippen molar-refractivity contribution < 1.29 is 49.5 Å². The summed E-state index contributed by atoms with van der Waals surface area (Å²) in [4.78, 5) is 10.9. The van der Waals surface area contributed by atoms with Crippen molar-refractivity contribution in [3.05, 3.63) is 27.0 Å². The molecule has 1 atom stereocenters. The van der Waals surface area contributed by atoms with Gasteiger partial charge in [-0.25, -0.2) is 4.39 Å². The number of primary amides is 1. The minimum Gasteiger partial charge on any atom is -0.489 e. The molecule has 0 radical (unpaired) electrons. The van der Waals surface area contributed by atoms with Crippen LogP contribution in [0.2, 0.25) is 0 Å². The highest BCUT2D eigenvalue weighted by atomic mass is 79.9. The molecule has 0 aliphatic heterocycles. The second-order valence-electron chi connectivity index (χ2n) is 6.56. The van der Waals surface area contributed by atoms with Crippen molar-refractivity contribution >= 4 is 50.9 Å². The first kappa shape index (κ1) is 27.9. The van der Waals surface area contributed by atoms with Gasteiger partial charge in [-0.1, -0.05) is 0 Å². The van der Waals surface area contributed by atoms with Crippen LogP contribution in [-0.2, 0) is 19.3 Å². The molecule has 0 aliphatic carbocycles. The first-order chi connectivity index (χ1) is 15.2. The summed E-state index contributed by atoms with van der Waals surface area (Å²) in [5.74, 6) is -1.34. The highest BCUT2D eigenvalue weighted by molar-refractivity contribution is 9.10. The molecule has 0 saturated heterocycles. The number of fused-ring (bicyclic) bond motifs is 1. The molecule has 6 nitrogen and oxygen atoms in total. The zero-order valence-corrected chi connectivity index (χ0v) is 20.5. The van der Waals surface area contributed by atoms with Crippen molar-refractivity contribution in [2.45, 2.75) is 38.3 Å². The molecule has 186 valence electrons. The Balaban J connectivity index is 2.60. The Bertz CT molecular complexity index is 1050. The van der Waals surface area contributed by atoms with Gasteiger partial charge in [0.05, 0.1) is 24.3 Å². The van der Waals surface area contributed by atoms with Crippen LogP contribution in [0.4, 0.5) is 26.3 Å². The first-order valence-electron chi connectivity index (χ1n) is 9.33. The lowest BCUT2D eigenvalue weighted by Gasteiger charge is -2.25. The molecule has 2 N–H and O–H groups in total. The summed E-state index contributed by atoms with van der Waals surface area (Å²) >= 11 is 3.36. The van der Waals surface area contributed by atoms with Gasteiger partial charge in [-0.3, -0.25) is 9.36 Å². The van der Waals surface area contributed by atoms with Crippen molar-refractivity contribution in [3.63, 3.8) is 0 Å². The van der Waals surface area contributed by atoms with E-state index in [0.29, 0.717) is 11.3 Å². The Morgan fingerprint density at radius 2 is 1.76 bits per heavy atom. The predicted octanol–water partition coefficient (Wildman–Crippen LogP) is 6.75. The van der Waals surface area contributed by atoms with Crippen molar-refractivity contribution in [2.75, 3.05) is 19.8 Å². The number of benzene rings is 1. The average Bonchev–Trinajstić information content (AvgIpc) is 3.02. The van der Waals surface area contributed by atoms with Gasteiger partial charge in [0.2, 0.25) is 5.91 Å². The third kappa shape index (κ3) is 6.21. The molecule has 0 spiro atoms. The van der Waals surface area contributed by atoms with Crippen LogP contribution in [-0.4, -0.2) is 38.1 Å². The van der Waals surface area contributed by atoms with Crippen LogP contribution in [0.3, 0.4) is 0 Å². The van der Waals surface area contributed by atoms with Gasteiger partial charge in [0.1, 0.15) is 23.4 Å². The van der Waals surface area contributed by atoms with Crippen LogP contribution >= 0.6 is 34.9 Å². The third-order valence-electron chi connectivity index (χ3n) is 4.07. The van der Waals surface area contributed by atoms with Gasteiger partial charge in [0.15, 0.2) is 0 Å². The van der Waals surface area contributed by atoms with Gasteiger partial charge in [-0.2, -0.15) is 22.0 Å². The number of nitrogens with two attached hydrogens (primary N) is 1. The minimum absolute atomic E-state index is 0.0354. The molecule has 1 amide bonds. The smallest absolute Gasteiger partial charge is 0.405 e. The average molecular weight is 586 g/mol. The highest BCUT2D eigenvalue weighted by Gasteiger charge is 2.57. The molecule has 1 aromatic carbocycles. The third-order valence-corrected chi connectivity index (χ3v) is 8.70. The van der Waals surface area contributed by atoms with Gasteiger partial charge < -0.3 is 19.5 Å². The molecule has 2 aromatic rings. The SMILES string of the molecule is CCOP(=O)(OCC)C(F)(F)c1sc2c(OCC(F)CC(F)(F)F)cc(C(N)=O)cc2c1Br. The molecule has 0 fully saturated rings. The van der Waals surface area contributed by atoms with E-state index in [1.807, 2.05) is 0 Å². The normalized spacial score (nSPS) is 14.0. The molecule has 0 saturated carbocycles. The van der Waals surface area contributed by atoms with Crippen LogP contribution in [0.15, 0.2) is 16.6 Å². The Labute approximate surface area is 197 Å². The number of ether oxygens (including phenoxy) is 1. The van der Waals surface area contributed by atoms with E-state index in [9.17, 15) is 26.9 Å². The number of carbonyl (C=O) groups is 1. The number of carbonyl (C=O) groups excluding carboxylic acids is 1. The number of hydrogen-bond acceptors (Lipinski definition) is 6. The van der Waals surface area contributed by atoms with Crippen molar-refractivity contribution in [3.8, 4) is 5.75 Å². The Hall–Kier alpha value is -1.34. The van der Waals surface area contributed by atoms with Crippen LogP contribution in [0.5, 0.6) is 5.75 Å². The van der Waals surface area contributed by atoms with Gasteiger partial charge >= 0.3 is 19.4 Å². The Morgan fingerprint density at radius 3 is 2.24 bits per heavy atom. The summed E-state index contributed by atoms with van der Waals surface area (Å²) in [5.41, 5.74) is 0.867. The van der Waals surface area contributed by atoms with Gasteiger partial charge in [-0.15, -0.1) is 11.3 Å². The molecule has 2 rings (SSSR count). The first-order valence-corrected chi connectivity index (χ1v) is 12.5. The van der Waals surface area contributed by atoms with Crippen molar-refractivity contribution in [1.82, 2.24) is 0 Å². The Morgan fingerprint density at radius 1 is 1.18 bits per heavy atom. The molecular formula is C18H19BrF6NO5PS. The summed E-state index contributed by atoms with van der Waals surface area (Å²) in [6.45, 7) is 0.954. The van der Waals surface area contributed by atoms with Gasteiger partial charge in [-0.05, 0) is 41.9 Å². The fourth-order valence-corrected chi connectivity index (χ4v) is 6.75. The zero-order valence-electron chi connectivity index (χ0n) is 17.2. The van der Waals surface area contributed by atoms with E-state index in [1.54, 1.807) is 0 Å². The largest absolute Gasteiger partial charge is 0.489 e.